The number of rotatable bonds is 5. The molecule has 3 aromatic rings. The molecule has 1 heterocycles. The zero-order valence-corrected chi connectivity index (χ0v) is 13.8. The van der Waals surface area contributed by atoms with Crippen LogP contribution in [0.3, 0.4) is 0 Å². The summed E-state index contributed by atoms with van der Waals surface area (Å²) in [6.45, 7) is 0. The van der Waals surface area contributed by atoms with Crippen LogP contribution >= 0.6 is 0 Å². The zero-order chi connectivity index (χ0) is 18.5. The smallest absolute Gasteiger partial charge is 0.274 e. The average Bonchev–Trinajstić information content (AvgIpc) is 2.64. The minimum atomic E-state index is -0.718. The van der Waals surface area contributed by atoms with Gasteiger partial charge in [-0.05, 0) is 36.4 Å². The van der Waals surface area contributed by atoms with Gasteiger partial charge in [0.25, 0.3) is 5.91 Å². The highest BCUT2D eigenvalue weighted by Gasteiger charge is 2.09. The topological polar surface area (TPSA) is 63.2 Å². The molecule has 26 heavy (non-hydrogen) atoms. The minimum absolute atomic E-state index is 0.113. The van der Waals surface area contributed by atoms with Gasteiger partial charge in [-0.3, -0.25) is 4.79 Å². The van der Waals surface area contributed by atoms with Crippen molar-refractivity contribution in [2.75, 3.05) is 17.7 Å². The molecule has 0 unspecified atom stereocenters. The fourth-order valence-electron chi connectivity index (χ4n) is 2.24. The van der Waals surface area contributed by atoms with E-state index in [0.717, 1.165) is 12.1 Å². The van der Waals surface area contributed by atoms with Crippen molar-refractivity contribution in [1.29, 1.82) is 0 Å². The van der Waals surface area contributed by atoms with E-state index in [2.05, 4.69) is 15.6 Å². The SMILES string of the molecule is COc1cccc(NC(=O)c2ccc(Nc3ccc(F)cc3F)cn2)c1. The highest BCUT2D eigenvalue weighted by Crippen LogP contribution is 2.21. The monoisotopic (exact) mass is 355 g/mol. The fourth-order valence-corrected chi connectivity index (χ4v) is 2.24. The first kappa shape index (κ1) is 17.3. The summed E-state index contributed by atoms with van der Waals surface area (Å²) in [6, 6.07) is 13.2. The Kier molecular flexibility index (Phi) is 5.07. The number of nitrogens with zero attached hydrogens (tertiary/aromatic N) is 1. The zero-order valence-electron chi connectivity index (χ0n) is 13.8. The Balaban J connectivity index is 1.69. The van der Waals surface area contributed by atoms with E-state index in [-0.39, 0.29) is 11.4 Å². The first-order chi connectivity index (χ1) is 12.5. The van der Waals surface area contributed by atoms with Crippen LogP contribution in [0.2, 0.25) is 0 Å². The number of halogens is 2. The summed E-state index contributed by atoms with van der Waals surface area (Å²) in [5.74, 6) is -1.14. The first-order valence-corrected chi connectivity index (χ1v) is 7.69. The summed E-state index contributed by atoms with van der Waals surface area (Å²) < 4.78 is 31.7. The molecule has 0 saturated heterocycles. The molecule has 2 aromatic carbocycles. The summed E-state index contributed by atoms with van der Waals surface area (Å²) in [7, 11) is 1.54. The van der Waals surface area contributed by atoms with Crippen LogP contribution in [0.25, 0.3) is 0 Å². The molecular weight excluding hydrogens is 340 g/mol. The van der Waals surface area contributed by atoms with Crippen LogP contribution in [0.4, 0.5) is 25.8 Å². The van der Waals surface area contributed by atoms with Crippen LogP contribution < -0.4 is 15.4 Å². The normalized spacial score (nSPS) is 10.3. The Morgan fingerprint density at radius 2 is 1.88 bits per heavy atom. The van der Waals surface area contributed by atoms with Crippen molar-refractivity contribution in [2.45, 2.75) is 0 Å². The Bertz CT molecular complexity index is 930. The Hall–Kier alpha value is -3.48. The van der Waals surface area contributed by atoms with Gasteiger partial charge in [0.2, 0.25) is 0 Å². The largest absolute Gasteiger partial charge is 0.497 e. The number of ether oxygens (including phenoxy) is 1. The second-order valence-corrected chi connectivity index (χ2v) is 5.37. The van der Waals surface area contributed by atoms with Crippen LogP contribution in [0.1, 0.15) is 10.5 Å². The maximum absolute atomic E-state index is 13.7. The maximum Gasteiger partial charge on any atom is 0.274 e. The van der Waals surface area contributed by atoms with E-state index in [1.165, 1.54) is 25.4 Å². The molecule has 0 spiro atoms. The molecule has 0 fully saturated rings. The van der Waals surface area contributed by atoms with Gasteiger partial charge in [-0.2, -0.15) is 0 Å². The van der Waals surface area contributed by atoms with Crippen LogP contribution in [-0.2, 0) is 0 Å². The summed E-state index contributed by atoms with van der Waals surface area (Å²) in [4.78, 5) is 16.3. The van der Waals surface area contributed by atoms with Crippen LogP contribution in [0.15, 0.2) is 60.8 Å². The molecule has 2 N–H and O–H groups in total. The number of amides is 1. The quantitative estimate of drug-likeness (QED) is 0.714. The molecular formula is C19H15F2N3O2. The molecule has 0 atom stereocenters. The molecule has 0 aliphatic rings. The van der Waals surface area contributed by atoms with E-state index in [0.29, 0.717) is 17.1 Å². The summed E-state index contributed by atoms with van der Waals surface area (Å²) >= 11 is 0. The molecule has 0 aliphatic carbocycles. The highest BCUT2D eigenvalue weighted by molar-refractivity contribution is 6.03. The third-order valence-electron chi connectivity index (χ3n) is 3.53. The average molecular weight is 355 g/mol. The number of carbonyl (C=O) groups is 1. The van der Waals surface area contributed by atoms with E-state index in [4.69, 9.17) is 4.74 Å². The van der Waals surface area contributed by atoms with Crippen LogP contribution in [0, 0.1) is 11.6 Å². The number of hydrogen-bond donors (Lipinski definition) is 2. The number of methoxy groups -OCH3 is 1. The molecule has 0 radical (unpaired) electrons. The number of aromatic nitrogens is 1. The highest BCUT2D eigenvalue weighted by atomic mass is 19.1. The van der Waals surface area contributed by atoms with Crippen molar-refractivity contribution in [3.63, 3.8) is 0 Å². The van der Waals surface area contributed by atoms with Crippen molar-refractivity contribution in [3.8, 4) is 5.75 Å². The number of carbonyl (C=O) groups excluding carboxylic acids is 1. The number of pyridine rings is 1. The van der Waals surface area contributed by atoms with E-state index >= 15 is 0 Å². The Morgan fingerprint density at radius 1 is 1.04 bits per heavy atom. The van der Waals surface area contributed by atoms with Crippen LogP contribution in [0.5, 0.6) is 5.75 Å². The van der Waals surface area contributed by atoms with Gasteiger partial charge in [0.1, 0.15) is 23.1 Å². The fraction of sp³-hybridized carbons (Fsp3) is 0.0526. The molecule has 0 saturated carbocycles. The minimum Gasteiger partial charge on any atom is -0.497 e. The van der Waals surface area contributed by atoms with Gasteiger partial charge in [-0.15, -0.1) is 0 Å². The van der Waals surface area contributed by atoms with Crippen molar-refractivity contribution in [3.05, 3.63) is 78.1 Å². The molecule has 5 nitrogen and oxygen atoms in total. The molecule has 7 heteroatoms. The van der Waals surface area contributed by atoms with E-state index in [9.17, 15) is 13.6 Å². The van der Waals surface area contributed by atoms with Crippen LogP contribution in [-0.4, -0.2) is 18.0 Å². The predicted molar refractivity (Wildman–Crippen MR) is 94.8 cm³/mol. The summed E-state index contributed by atoms with van der Waals surface area (Å²) in [5.41, 5.74) is 1.35. The van der Waals surface area contributed by atoms with Gasteiger partial charge in [0.05, 0.1) is 24.7 Å². The molecule has 1 amide bonds. The third-order valence-corrected chi connectivity index (χ3v) is 3.53. The summed E-state index contributed by atoms with van der Waals surface area (Å²) in [6.07, 6.45) is 1.39. The third kappa shape index (κ3) is 4.13. The Labute approximate surface area is 148 Å². The summed E-state index contributed by atoms with van der Waals surface area (Å²) in [5, 5.41) is 5.49. The lowest BCUT2D eigenvalue weighted by atomic mass is 10.2. The molecule has 132 valence electrons. The molecule has 0 aliphatic heterocycles. The lowest BCUT2D eigenvalue weighted by Crippen LogP contribution is -2.13. The van der Waals surface area contributed by atoms with Gasteiger partial charge < -0.3 is 15.4 Å². The van der Waals surface area contributed by atoms with Gasteiger partial charge in [-0.25, -0.2) is 13.8 Å². The number of hydrogen-bond acceptors (Lipinski definition) is 4. The maximum atomic E-state index is 13.7. The van der Waals surface area contributed by atoms with Crippen molar-refractivity contribution in [1.82, 2.24) is 4.98 Å². The van der Waals surface area contributed by atoms with Crippen molar-refractivity contribution >= 4 is 23.0 Å². The first-order valence-electron chi connectivity index (χ1n) is 7.69. The second-order valence-electron chi connectivity index (χ2n) is 5.37. The lowest BCUT2D eigenvalue weighted by Gasteiger charge is -2.09. The van der Waals surface area contributed by atoms with E-state index < -0.39 is 17.5 Å². The van der Waals surface area contributed by atoms with Gasteiger partial charge in [0, 0.05) is 17.8 Å². The Morgan fingerprint density at radius 3 is 2.58 bits per heavy atom. The number of benzene rings is 2. The van der Waals surface area contributed by atoms with Crippen molar-refractivity contribution in [2.24, 2.45) is 0 Å². The molecule has 3 rings (SSSR count). The van der Waals surface area contributed by atoms with Gasteiger partial charge in [-0.1, -0.05) is 6.07 Å². The molecule has 0 bridgehead atoms. The lowest BCUT2D eigenvalue weighted by molar-refractivity contribution is 0.102. The van der Waals surface area contributed by atoms with Gasteiger partial charge >= 0.3 is 0 Å². The number of nitrogens with one attached hydrogen (secondary N) is 2. The predicted octanol–water partition coefficient (Wildman–Crippen LogP) is 4.36. The molecule has 1 aromatic heterocycles. The van der Waals surface area contributed by atoms with E-state index in [1.54, 1.807) is 30.3 Å². The number of anilines is 3. The second kappa shape index (κ2) is 7.60. The van der Waals surface area contributed by atoms with Gasteiger partial charge in [0.15, 0.2) is 0 Å². The van der Waals surface area contributed by atoms with Crippen molar-refractivity contribution < 1.29 is 18.3 Å². The standard InChI is InChI=1S/C19H15F2N3O2/c1-26-15-4-2-3-13(10-15)24-19(25)18-8-6-14(11-22-18)23-17-7-5-12(20)9-16(17)21/h2-11,23H,1H3,(H,24,25). The van der Waals surface area contributed by atoms with E-state index in [1.807, 2.05) is 0 Å².